The van der Waals surface area contributed by atoms with E-state index in [1.165, 1.54) is 5.56 Å². The van der Waals surface area contributed by atoms with E-state index in [2.05, 4.69) is 34.3 Å². The van der Waals surface area contributed by atoms with Crippen molar-refractivity contribution in [3.8, 4) is 5.75 Å². The third kappa shape index (κ3) is 4.21. The normalized spacial score (nSPS) is 10.9. The highest BCUT2D eigenvalue weighted by Crippen LogP contribution is 2.25. The Bertz CT molecular complexity index is 1180. The number of aromatic nitrogens is 2. The second kappa shape index (κ2) is 7.82. The van der Waals surface area contributed by atoms with Crippen molar-refractivity contribution in [1.82, 2.24) is 9.97 Å². The van der Waals surface area contributed by atoms with Crippen molar-refractivity contribution in [3.05, 3.63) is 92.9 Å². The summed E-state index contributed by atoms with van der Waals surface area (Å²) < 4.78 is 6.04. The third-order valence-electron chi connectivity index (χ3n) is 4.50. The van der Waals surface area contributed by atoms with Crippen LogP contribution in [0.15, 0.2) is 65.5 Å². The SMILES string of the molecule is Cc1cccc(COc2ccc(Cl)cc2CNc2ccc3[nH]c(=O)[nH]c3c2)c1. The number of hydrogen-bond acceptors (Lipinski definition) is 3. The first kappa shape index (κ1) is 18.2. The second-order valence-electron chi connectivity index (χ2n) is 6.72. The number of aryl methyl sites for hydroxylation is 1. The molecule has 0 radical (unpaired) electrons. The number of halogens is 1. The van der Waals surface area contributed by atoms with Crippen LogP contribution < -0.4 is 15.7 Å². The van der Waals surface area contributed by atoms with Gasteiger partial charge in [-0.15, -0.1) is 0 Å². The summed E-state index contributed by atoms with van der Waals surface area (Å²) >= 11 is 6.19. The van der Waals surface area contributed by atoms with E-state index in [1.54, 1.807) is 0 Å². The topological polar surface area (TPSA) is 69.9 Å². The smallest absolute Gasteiger partial charge is 0.323 e. The van der Waals surface area contributed by atoms with Gasteiger partial charge in [0.2, 0.25) is 0 Å². The van der Waals surface area contributed by atoms with Gasteiger partial charge in [-0.2, -0.15) is 0 Å². The Hall–Kier alpha value is -3.18. The predicted octanol–water partition coefficient (Wildman–Crippen LogP) is 5.01. The summed E-state index contributed by atoms with van der Waals surface area (Å²) in [4.78, 5) is 16.9. The maximum atomic E-state index is 11.4. The van der Waals surface area contributed by atoms with Crippen LogP contribution in [0.1, 0.15) is 16.7 Å². The summed E-state index contributed by atoms with van der Waals surface area (Å²) in [6.07, 6.45) is 0. The van der Waals surface area contributed by atoms with Crippen LogP contribution in [0.4, 0.5) is 5.69 Å². The van der Waals surface area contributed by atoms with Crippen LogP contribution in [0, 0.1) is 6.92 Å². The number of aromatic amines is 2. The van der Waals surface area contributed by atoms with Gasteiger partial charge in [0.05, 0.1) is 11.0 Å². The van der Waals surface area contributed by atoms with Crippen LogP contribution in [0.5, 0.6) is 5.75 Å². The number of imidazole rings is 1. The molecule has 0 aliphatic heterocycles. The lowest BCUT2D eigenvalue weighted by molar-refractivity contribution is 0.303. The van der Waals surface area contributed by atoms with Crippen molar-refractivity contribution in [2.24, 2.45) is 0 Å². The first-order chi connectivity index (χ1) is 13.6. The molecule has 0 saturated carbocycles. The largest absolute Gasteiger partial charge is 0.489 e. The van der Waals surface area contributed by atoms with Gasteiger partial charge < -0.3 is 20.0 Å². The van der Waals surface area contributed by atoms with Gasteiger partial charge in [0.1, 0.15) is 12.4 Å². The van der Waals surface area contributed by atoms with Gasteiger partial charge in [0.15, 0.2) is 0 Å². The molecule has 1 heterocycles. The molecular formula is C22H20ClN3O2. The Labute approximate surface area is 167 Å². The highest BCUT2D eigenvalue weighted by molar-refractivity contribution is 6.30. The molecule has 4 aromatic rings. The minimum atomic E-state index is -0.214. The molecule has 3 N–H and O–H groups in total. The lowest BCUT2D eigenvalue weighted by Crippen LogP contribution is -2.04. The molecule has 0 atom stereocenters. The van der Waals surface area contributed by atoms with Gasteiger partial charge in [-0.3, -0.25) is 0 Å². The molecule has 0 unspecified atom stereocenters. The Balaban J connectivity index is 1.49. The first-order valence-electron chi connectivity index (χ1n) is 8.99. The summed E-state index contributed by atoms with van der Waals surface area (Å²) in [6.45, 7) is 3.10. The van der Waals surface area contributed by atoms with Gasteiger partial charge in [-0.05, 0) is 48.9 Å². The van der Waals surface area contributed by atoms with E-state index in [4.69, 9.17) is 16.3 Å². The molecule has 0 aliphatic rings. The highest BCUT2D eigenvalue weighted by Gasteiger charge is 2.07. The molecule has 28 heavy (non-hydrogen) atoms. The zero-order valence-electron chi connectivity index (χ0n) is 15.4. The van der Waals surface area contributed by atoms with Crippen LogP contribution in [0.2, 0.25) is 5.02 Å². The number of H-pyrrole nitrogens is 2. The fourth-order valence-corrected chi connectivity index (χ4v) is 3.32. The maximum absolute atomic E-state index is 11.4. The minimum absolute atomic E-state index is 0.214. The number of fused-ring (bicyclic) bond motifs is 1. The van der Waals surface area contributed by atoms with Crippen LogP contribution >= 0.6 is 11.6 Å². The summed E-state index contributed by atoms with van der Waals surface area (Å²) in [5.74, 6) is 0.787. The molecule has 4 rings (SSSR count). The van der Waals surface area contributed by atoms with E-state index in [-0.39, 0.29) is 5.69 Å². The fraction of sp³-hybridized carbons (Fsp3) is 0.136. The number of benzene rings is 3. The fourth-order valence-electron chi connectivity index (χ4n) is 3.13. The standard InChI is InChI=1S/C22H20ClN3O2/c1-14-3-2-4-15(9-14)13-28-21-8-5-17(23)10-16(21)12-24-18-6-7-19-20(11-18)26-22(27)25-19/h2-11,24H,12-13H2,1H3,(H2,25,26,27). The second-order valence-corrected chi connectivity index (χ2v) is 7.16. The molecule has 6 heteroatoms. The molecule has 0 aliphatic carbocycles. The number of ether oxygens (including phenoxy) is 1. The number of rotatable bonds is 6. The monoisotopic (exact) mass is 393 g/mol. The van der Waals surface area contributed by atoms with Gasteiger partial charge in [-0.25, -0.2) is 4.79 Å². The molecule has 0 saturated heterocycles. The molecular weight excluding hydrogens is 374 g/mol. The zero-order valence-corrected chi connectivity index (χ0v) is 16.1. The average Bonchev–Trinajstić information content (AvgIpc) is 3.05. The molecule has 1 aromatic heterocycles. The van der Waals surface area contributed by atoms with Gasteiger partial charge in [0.25, 0.3) is 0 Å². The Kier molecular flexibility index (Phi) is 5.08. The van der Waals surface area contributed by atoms with Crippen molar-refractivity contribution in [2.75, 3.05) is 5.32 Å². The first-order valence-corrected chi connectivity index (χ1v) is 9.37. The van der Waals surface area contributed by atoms with E-state index in [0.717, 1.165) is 33.6 Å². The van der Waals surface area contributed by atoms with E-state index < -0.39 is 0 Å². The van der Waals surface area contributed by atoms with Gasteiger partial charge >= 0.3 is 5.69 Å². The molecule has 3 aromatic carbocycles. The summed E-state index contributed by atoms with van der Waals surface area (Å²) in [5.41, 5.74) is 5.51. The molecule has 0 fully saturated rings. The van der Waals surface area contributed by atoms with E-state index in [0.29, 0.717) is 18.2 Å². The van der Waals surface area contributed by atoms with Crippen molar-refractivity contribution >= 4 is 28.3 Å². The van der Waals surface area contributed by atoms with Crippen molar-refractivity contribution in [2.45, 2.75) is 20.1 Å². The molecule has 142 valence electrons. The van der Waals surface area contributed by atoms with Crippen LogP contribution in [0.3, 0.4) is 0 Å². The maximum Gasteiger partial charge on any atom is 0.323 e. The molecule has 0 bridgehead atoms. The summed E-state index contributed by atoms with van der Waals surface area (Å²) in [7, 11) is 0. The number of anilines is 1. The van der Waals surface area contributed by atoms with Gasteiger partial charge in [-0.1, -0.05) is 41.4 Å². The third-order valence-corrected chi connectivity index (χ3v) is 4.73. The zero-order chi connectivity index (χ0) is 19.5. The predicted molar refractivity (Wildman–Crippen MR) is 113 cm³/mol. The van der Waals surface area contributed by atoms with Crippen LogP contribution in [-0.2, 0) is 13.2 Å². The Morgan fingerprint density at radius 2 is 1.86 bits per heavy atom. The Morgan fingerprint density at radius 1 is 1.00 bits per heavy atom. The van der Waals surface area contributed by atoms with Crippen molar-refractivity contribution in [3.63, 3.8) is 0 Å². The summed E-state index contributed by atoms with van der Waals surface area (Å²) in [6, 6.07) is 19.5. The summed E-state index contributed by atoms with van der Waals surface area (Å²) in [5, 5.41) is 4.02. The number of nitrogens with one attached hydrogen (secondary N) is 3. The average molecular weight is 394 g/mol. The number of hydrogen-bond donors (Lipinski definition) is 3. The minimum Gasteiger partial charge on any atom is -0.489 e. The highest BCUT2D eigenvalue weighted by atomic mass is 35.5. The van der Waals surface area contributed by atoms with Crippen LogP contribution in [0.25, 0.3) is 11.0 Å². The van der Waals surface area contributed by atoms with E-state index in [9.17, 15) is 4.79 Å². The van der Waals surface area contributed by atoms with Crippen molar-refractivity contribution in [1.29, 1.82) is 0 Å². The molecule has 5 nitrogen and oxygen atoms in total. The van der Waals surface area contributed by atoms with E-state index in [1.807, 2.05) is 48.5 Å². The Morgan fingerprint density at radius 3 is 2.71 bits per heavy atom. The van der Waals surface area contributed by atoms with Gasteiger partial charge in [0, 0.05) is 22.8 Å². The lowest BCUT2D eigenvalue weighted by Gasteiger charge is -2.14. The molecule has 0 amide bonds. The lowest BCUT2D eigenvalue weighted by atomic mass is 10.1. The quantitative estimate of drug-likeness (QED) is 0.431. The molecule has 0 spiro atoms. The van der Waals surface area contributed by atoms with Crippen molar-refractivity contribution < 1.29 is 4.74 Å². The van der Waals surface area contributed by atoms with Crippen LogP contribution in [-0.4, -0.2) is 9.97 Å². The van der Waals surface area contributed by atoms with E-state index >= 15 is 0 Å².